The third kappa shape index (κ3) is 3.31. The Morgan fingerprint density at radius 1 is 1.40 bits per heavy atom. The molecule has 0 radical (unpaired) electrons. The first-order valence-electron chi connectivity index (χ1n) is 3.74. The third-order valence-corrected chi connectivity index (χ3v) is 3.45. The van der Waals surface area contributed by atoms with Crippen LogP contribution in [0.4, 0.5) is 0 Å². The summed E-state index contributed by atoms with van der Waals surface area (Å²) in [5.74, 6) is 0.617. The lowest BCUT2D eigenvalue weighted by Crippen LogP contribution is -2.21. The summed E-state index contributed by atoms with van der Waals surface area (Å²) in [6.45, 7) is 10.5. The zero-order chi connectivity index (χ0) is 8.36. The Labute approximate surface area is 65.0 Å². The molecule has 0 heterocycles. The normalized spacial score (nSPS) is 14.0. The minimum atomic E-state index is -0.971. The summed E-state index contributed by atoms with van der Waals surface area (Å²) in [5, 5.41) is 0. The molecular weight excluding hydrogens is 143 g/mol. The van der Waals surface area contributed by atoms with Crippen molar-refractivity contribution < 1.29 is 4.57 Å². The van der Waals surface area contributed by atoms with Crippen molar-refractivity contribution in [2.45, 2.75) is 27.7 Å². The second-order valence-electron chi connectivity index (χ2n) is 3.93. The van der Waals surface area contributed by atoms with Crippen molar-refractivity contribution in [3.8, 4) is 0 Å². The Kier molecular flexibility index (Phi) is 3.51. The molecule has 0 saturated carbocycles. The fourth-order valence-corrected chi connectivity index (χ4v) is 2.27. The molecule has 0 aromatic heterocycles. The fraction of sp³-hybridized carbons (Fsp3) is 1.00. The molecule has 0 bridgehead atoms. The molecule has 0 aromatic rings. The molecule has 0 saturated heterocycles. The first-order chi connectivity index (χ1) is 4.36. The SMILES string of the molecule is CC(C)C(C)(C)C[P+](C)=O. The van der Waals surface area contributed by atoms with E-state index >= 15 is 0 Å². The summed E-state index contributed by atoms with van der Waals surface area (Å²) >= 11 is 0. The molecule has 2 heteroatoms. The Bertz CT molecular complexity index is 127. The molecule has 0 N–H and O–H groups in total. The maximum absolute atomic E-state index is 10.9. The van der Waals surface area contributed by atoms with E-state index in [0.29, 0.717) is 5.92 Å². The first-order valence-corrected chi connectivity index (χ1v) is 5.63. The van der Waals surface area contributed by atoms with Gasteiger partial charge in [0.25, 0.3) is 0 Å². The molecule has 0 aromatic carbocycles. The van der Waals surface area contributed by atoms with Crippen molar-refractivity contribution in [1.82, 2.24) is 0 Å². The summed E-state index contributed by atoms with van der Waals surface area (Å²) in [5.41, 5.74) is 0.238. The Hall–Kier alpha value is 0.100. The van der Waals surface area contributed by atoms with E-state index in [1.54, 1.807) is 6.66 Å². The second kappa shape index (κ2) is 3.48. The second-order valence-corrected chi connectivity index (χ2v) is 5.50. The highest BCUT2D eigenvalue weighted by Crippen LogP contribution is 2.34. The lowest BCUT2D eigenvalue weighted by molar-refractivity contribution is 0.287. The average Bonchev–Trinajstić information content (AvgIpc) is 1.60. The van der Waals surface area contributed by atoms with E-state index in [-0.39, 0.29) is 5.41 Å². The van der Waals surface area contributed by atoms with Crippen molar-refractivity contribution >= 4 is 7.80 Å². The molecule has 0 rings (SSSR count). The predicted molar refractivity (Wildman–Crippen MR) is 47.0 cm³/mol. The zero-order valence-corrected chi connectivity index (χ0v) is 8.53. The van der Waals surface area contributed by atoms with Gasteiger partial charge in [-0.25, -0.2) is 0 Å². The van der Waals surface area contributed by atoms with Crippen molar-refractivity contribution in [3.63, 3.8) is 0 Å². The van der Waals surface area contributed by atoms with Gasteiger partial charge in [0.15, 0.2) is 6.16 Å². The van der Waals surface area contributed by atoms with Gasteiger partial charge in [-0.3, -0.25) is 0 Å². The lowest BCUT2D eigenvalue weighted by Gasteiger charge is -2.23. The Morgan fingerprint density at radius 3 is 1.90 bits per heavy atom. The highest BCUT2D eigenvalue weighted by Gasteiger charge is 2.29. The summed E-state index contributed by atoms with van der Waals surface area (Å²) in [6.07, 6.45) is 0.847. The first kappa shape index (κ1) is 10.1. The molecule has 0 aliphatic heterocycles. The minimum Gasteiger partial charge on any atom is -0.0751 e. The summed E-state index contributed by atoms with van der Waals surface area (Å²) in [6, 6.07) is 0. The van der Waals surface area contributed by atoms with Gasteiger partial charge < -0.3 is 0 Å². The van der Waals surface area contributed by atoms with E-state index in [4.69, 9.17) is 0 Å². The van der Waals surface area contributed by atoms with Gasteiger partial charge in [-0.05, 0) is 5.92 Å². The van der Waals surface area contributed by atoms with Gasteiger partial charge in [0.2, 0.25) is 0 Å². The van der Waals surface area contributed by atoms with Crippen LogP contribution in [0.15, 0.2) is 0 Å². The summed E-state index contributed by atoms with van der Waals surface area (Å²) in [7, 11) is -0.971. The fourth-order valence-electron chi connectivity index (χ4n) is 0.756. The molecule has 10 heavy (non-hydrogen) atoms. The number of hydrogen-bond acceptors (Lipinski definition) is 1. The standard InChI is InChI=1S/C8H18OP/c1-7(2)8(3,4)6-10(5)9/h7H,6H2,1-5H3/q+1. The molecule has 1 atom stereocenters. The molecule has 0 spiro atoms. The zero-order valence-electron chi connectivity index (χ0n) is 7.64. The van der Waals surface area contributed by atoms with Crippen LogP contribution in [0.1, 0.15) is 27.7 Å². The van der Waals surface area contributed by atoms with E-state index in [2.05, 4.69) is 27.7 Å². The van der Waals surface area contributed by atoms with Crippen molar-refractivity contribution in [1.29, 1.82) is 0 Å². The van der Waals surface area contributed by atoms with E-state index in [0.717, 1.165) is 6.16 Å². The maximum Gasteiger partial charge on any atom is 0.336 e. The molecule has 0 aliphatic rings. The Morgan fingerprint density at radius 2 is 1.80 bits per heavy atom. The van der Waals surface area contributed by atoms with Gasteiger partial charge in [-0.1, -0.05) is 32.3 Å². The van der Waals surface area contributed by atoms with Crippen LogP contribution in [0.5, 0.6) is 0 Å². The largest absolute Gasteiger partial charge is 0.336 e. The van der Waals surface area contributed by atoms with Gasteiger partial charge in [0, 0.05) is 5.41 Å². The number of rotatable bonds is 3. The van der Waals surface area contributed by atoms with Crippen LogP contribution < -0.4 is 0 Å². The van der Waals surface area contributed by atoms with Gasteiger partial charge in [0.05, 0.1) is 0 Å². The topological polar surface area (TPSA) is 17.1 Å². The van der Waals surface area contributed by atoms with Gasteiger partial charge in [0.1, 0.15) is 6.66 Å². The number of hydrogen-bond donors (Lipinski definition) is 0. The van der Waals surface area contributed by atoms with Crippen molar-refractivity contribution in [2.24, 2.45) is 11.3 Å². The molecular formula is C8H18OP+. The van der Waals surface area contributed by atoms with Crippen LogP contribution in [0.2, 0.25) is 0 Å². The molecule has 0 fully saturated rings. The predicted octanol–water partition coefficient (Wildman–Crippen LogP) is 3.13. The average molecular weight is 161 g/mol. The van der Waals surface area contributed by atoms with Crippen molar-refractivity contribution in [2.75, 3.05) is 12.8 Å². The smallest absolute Gasteiger partial charge is 0.0751 e. The molecule has 1 unspecified atom stereocenters. The quantitative estimate of drug-likeness (QED) is 0.581. The van der Waals surface area contributed by atoms with Crippen LogP contribution in [-0.4, -0.2) is 12.8 Å². The molecule has 0 amide bonds. The van der Waals surface area contributed by atoms with Gasteiger partial charge in [-0.15, -0.1) is 0 Å². The van der Waals surface area contributed by atoms with Crippen LogP contribution in [-0.2, 0) is 4.57 Å². The summed E-state index contributed by atoms with van der Waals surface area (Å²) < 4.78 is 10.9. The highest BCUT2D eigenvalue weighted by atomic mass is 31.1. The Balaban J connectivity index is 3.99. The van der Waals surface area contributed by atoms with Crippen LogP contribution in [0.3, 0.4) is 0 Å². The molecule has 60 valence electrons. The van der Waals surface area contributed by atoms with Crippen LogP contribution >= 0.6 is 7.80 Å². The molecule has 1 nitrogen and oxygen atoms in total. The lowest BCUT2D eigenvalue weighted by atomic mass is 9.83. The van der Waals surface area contributed by atoms with E-state index in [9.17, 15) is 4.57 Å². The van der Waals surface area contributed by atoms with E-state index < -0.39 is 7.80 Å². The van der Waals surface area contributed by atoms with E-state index in [1.165, 1.54) is 0 Å². The maximum atomic E-state index is 10.9. The van der Waals surface area contributed by atoms with Crippen molar-refractivity contribution in [3.05, 3.63) is 0 Å². The van der Waals surface area contributed by atoms with Crippen LogP contribution in [0.25, 0.3) is 0 Å². The van der Waals surface area contributed by atoms with E-state index in [1.807, 2.05) is 0 Å². The minimum absolute atomic E-state index is 0.238. The molecule has 0 aliphatic carbocycles. The van der Waals surface area contributed by atoms with Crippen LogP contribution in [0, 0.1) is 11.3 Å². The monoisotopic (exact) mass is 161 g/mol. The highest BCUT2D eigenvalue weighted by molar-refractivity contribution is 7.43. The van der Waals surface area contributed by atoms with Gasteiger partial charge in [-0.2, -0.15) is 0 Å². The third-order valence-electron chi connectivity index (χ3n) is 2.19. The van der Waals surface area contributed by atoms with Gasteiger partial charge >= 0.3 is 7.80 Å². The summed E-state index contributed by atoms with van der Waals surface area (Å²) in [4.78, 5) is 0.